The van der Waals surface area contributed by atoms with E-state index in [0.29, 0.717) is 50.1 Å². The van der Waals surface area contributed by atoms with Gasteiger partial charge >= 0.3 is 0 Å². The van der Waals surface area contributed by atoms with Gasteiger partial charge in [-0.05, 0) is 111 Å². The second-order valence-electron chi connectivity index (χ2n) is 14.3. The van der Waals surface area contributed by atoms with E-state index in [1.165, 1.54) is 0 Å². The van der Waals surface area contributed by atoms with Gasteiger partial charge in [-0.3, -0.25) is 0 Å². The molecule has 0 spiro atoms. The maximum Gasteiger partial charge on any atom is 0.0629 e. The van der Waals surface area contributed by atoms with E-state index < -0.39 is 47.7 Å². The minimum atomic E-state index is -0.515. The molecule has 0 radical (unpaired) electrons. The Balaban J connectivity index is 1.57. The van der Waals surface area contributed by atoms with Crippen molar-refractivity contribution in [2.75, 3.05) is 0 Å². The lowest BCUT2D eigenvalue weighted by Crippen LogP contribution is -2.11. The molecule has 0 N–H and O–H groups in total. The largest absolute Gasteiger partial charge is 0.0629 e. The van der Waals surface area contributed by atoms with Crippen LogP contribution in [0.25, 0.3) is 88.3 Å². The van der Waals surface area contributed by atoms with Crippen molar-refractivity contribution in [2.24, 2.45) is 0 Å². The van der Waals surface area contributed by atoms with Crippen LogP contribution >= 0.6 is 0 Å². The molecule has 9 aromatic rings. The number of fused-ring (bicyclic) bond motifs is 2. The van der Waals surface area contributed by atoms with Gasteiger partial charge in [0.15, 0.2) is 0 Å². The third-order valence-electron chi connectivity index (χ3n) is 9.96. The molecule has 0 saturated heterocycles. The second-order valence-corrected chi connectivity index (χ2v) is 14.3. The van der Waals surface area contributed by atoms with Gasteiger partial charge in [0.2, 0.25) is 0 Å². The fourth-order valence-corrected chi connectivity index (χ4v) is 7.38. The number of benzene rings is 9. The van der Waals surface area contributed by atoms with Gasteiger partial charge in [-0.1, -0.05) is 209 Å². The molecule has 0 aliphatic carbocycles. The molecule has 0 bridgehead atoms. The lowest BCUT2D eigenvalue weighted by molar-refractivity contribution is 0.590. The van der Waals surface area contributed by atoms with E-state index >= 15 is 0 Å². The van der Waals surface area contributed by atoms with Crippen molar-refractivity contribution in [2.45, 2.75) is 26.2 Å². The van der Waals surface area contributed by atoms with Crippen LogP contribution in [0.5, 0.6) is 0 Å². The summed E-state index contributed by atoms with van der Waals surface area (Å²) in [6.07, 6.45) is 0. The Morgan fingerprint density at radius 3 is 1.26 bits per heavy atom. The summed E-state index contributed by atoms with van der Waals surface area (Å²) in [5, 5.41) is 0.318. The van der Waals surface area contributed by atoms with Crippen molar-refractivity contribution in [1.29, 1.82) is 0 Å². The molecule has 54 heavy (non-hydrogen) atoms. The summed E-state index contributed by atoms with van der Waals surface area (Å²) in [5.41, 5.74) is 5.80. The second kappa shape index (κ2) is 13.8. The van der Waals surface area contributed by atoms with E-state index in [1.807, 2.05) is 112 Å². The van der Waals surface area contributed by atoms with Crippen molar-refractivity contribution in [3.8, 4) is 66.8 Å². The van der Waals surface area contributed by atoms with Crippen molar-refractivity contribution in [3.05, 3.63) is 205 Å². The van der Waals surface area contributed by atoms with Crippen LogP contribution < -0.4 is 0 Å². The molecule has 258 valence electrons. The lowest BCUT2D eigenvalue weighted by Gasteiger charge is -2.25. The summed E-state index contributed by atoms with van der Waals surface area (Å²) in [5.74, 6) is 0. The Morgan fingerprint density at radius 2 is 0.778 bits per heavy atom. The smallest absolute Gasteiger partial charge is 0.0622 e. The highest BCUT2D eigenvalue weighted by molar-refractivity contribution is 6.24. The Morgan fingerprint density at radius 1 is 0.333 bits per heavy atom. The Kier molecular flexibility index (Phi) is 5.60. The zero-order valence-electron chi connectivity index (χ0n) is 43.0. The third kappa shape index (κ3) is 6.00. The van der Waals surface area contributed by atoms with E-state index in [-0.39, 0.29) is 74.5 Å². The minimum absolute atomic E-state index is 0.0270. The molecule has 0 unspecified atom stereocenters. The third-order valence-corrected chi connectivity index (χ3v) is 9.96. The van der Waals surface area contributed by atoms with Crippen LogP contribution in [0.2, 0.25) is 0 Å². The highest BCUT2D eigenvalue weighted by Gasteiger charge is 2.24. The van der Waals surface area contributed by atoms with Crippen LogP contribution in [-0.4, -0.2) is 0 Å². The Labute approximate surface area is 337 Å². The van der Waals surface area contributed by atoms with Gasteiger partial charge in [0.25, 0.3) is 0 Å². The van der Waals surface area contributed by atoms with Gasteiger partial charge in [0, 0.05) is 0 Å². The van der Waals surface area contributed by atoms with Crippen LogP contribution in [-0.2, 0) is 5.41 Å². The van der Waals surface area contributed by atoms with E-state index in [1.54, 1.807) is 30.3 Å². The average Bonchev–Trinajstić information content (AvgIpc) is 3.34. The summed E-state index contributed by atoms with van der Waals surface area (Å²) in [6.45, 7) is 6.10. The summed E-state index contributed by atoms with van der Waals surface area (Å²) >= 11 is 0. The van der Waals surface area contributed by atoms with Gasteiger partial charge in [-0.25, -0.2) is 0 Å². The quantitative estimate of drug-likeness (QED) is 0.151. The van der Waals surface area contributed by atoms with Crippen LogP contribution in [0, 0.1) is 0 Å². The van der Waals surface area contributed by atoms with Crippen molar-refractivity contribution in [3.63, 3.8) is 0 Å². The first-order chi connectivity index (χ1) is 31.8. The van der Waals surface area contributed by atoms with Crippen molar-refractivity contribution in [1.82, 2.24) is 0 Å². The van der Waals surface area contributed by atoms with E-state index in [9.17, 15) is 5.48 Å². The van der Waals surface area contributed by atoms with Crippen LogP contribution in [0.15, 0.2) is 200 Å². The molecule has 0 fully saturated rings. The number of hydrogen-bond acceptors (Lipinski definition) is 0. The summed E-state index contributed by atoms with van der Waals surface area (Å²) in [7, 11) is 0. The summed E-state index contributed by atoms with van der Waals surface area (Å²) in [6, 6.07) is 31.4. The van der Waals surface area contributed by atoms with Gasteiger partial charge in [-0.15, -0.1) is 0 Å². The molecule has 0 atom stereocenters. The van der Waals surface area contributed by atoms with Crippen molar-refractivity contribution < 1.29 is 17.8 Å². The maximum absolute atomic E-state index is 9.72. The molecule has 0 aliphatic rings. The first kappa shape index (κ1) is 21.9. The molecule has 0 saturated carbocycles. The van der Waals surface area contributed by atoms with E-state index in [4.69, 9.17) is 12.3 Å². The van der Waals surface area contributed by atoms with Gasteiger partial charge < -0.3 is 0 Å². The highest BCUT2D eigenvalue weighted by Crippen LogP contribution is 2.51. The molecule has 9 aromatic carbocycles. The zero-order valence-corrected chi connectivity index (χ0v) is 30.0. The molecule has 0 heteroatoms. The number of hydrogen-bond donors (Lipinski definition) is 0. The van der Waals surface area contributed by atoms with Gasteiger partial charge in [0.05, 0.1) is 17.8 Å². The Bertz CT molecular complexity index is 3340. The molecule has 0 aliphatic heterocycles. The minimum Gasteiger partial charge on any atom is -0.0622 e. The molecule has 9 rings (SSSR count). The first-order valence-electron chi connectivity index (χ1n) is 24.4. The van der Waals surface area contributed by atoms with Crippen LogP contribution in [0.1, 0.15) is 44.2 Å². The van der Waals surface area contributed by atoms with Crippen LogP contribution in [0.4, 0.5) is 0 Å². The SMILES string of the molecule is [2H]c1c([2H])c([2H])c(-c2cc(C(C)(C)C)ccc2-c2cc(-c3ccccc3)c(-c3c4c([2H])c([2H])c([2H])c([2H])c4c(-c4ccccc4)c4c([2H])c([2H])c([2H])c([2H])c34)c(-c3ccccc3)c2)c([2H])c1[2H]. The summed E-state index contributed by atoms with van der Waals surface area (Å²) < 4.78 is 119. The molecule has 0 nitrogen and oxygen atoms in total. The van der Waals surface area contributed by atoms with Crippen molar-refractivity contribution >= 4 is 21.5 Å². The average molecular weight is 704 g/mol. The molecular weight excluding hydrogens is 649 g/mol. The lowest BCUT2D eigenvalue weighted by atomic mass is 9.78. The first-order valence-corrected chi connectivity index (χ1v) is 17.9. The van der Waals surface area contributed by atoms with E-state index in [2.05, 4.69) is 0 Å². The normalized spacial score (nSPS) is 15.0. The Hall–Kier alpha value is -6.50. The zero-order chi connectivity index (χ0) is 48.0. The molecule has 0 aromatic heterocycles. The van der Waals surface area contributed by atoms with Gasteiger partial charge in [-0.2, -0.15) is 0 Å². The van der Waals surface area contributed by atoms with Gasteiger partial charge in [0.1, 0.15) is 0 Å². The summed E-state index contributed by atoms with van der Waals surface area (Å²) in [4.78, 5) is 0. The van der Waals surface area contributed by atoms with E-state index in [0.717, 1.165) is 5.56 Å². The fourth-order valence-electron chi connectivity index (χ4n) is 7.38. The predicted molar refractivity (Wildman–Crippen MR) is 233 cm³/mol. The predicted octanol–water partition coefficient (Wildman–Crippen LogP) is 15.3. The standard InChI is InChI=1S/C54H42/c1-54(2,3)42-32-33-43(48(36-42)37-20-8-4-9-21-37)41-34-49(38-22-10-5-11-23-38)53(50(35-41)39-24-12-6-13-25-39)52-46-30-18-16-28-44(46)51(40-26-14-7-15-27-40)45-29-17-19-31-47(45)52/h4-36H,1-3H3/i4D,8D,9D,16D,17D,18D,19D,20D,21D,28D,29D,30D,31D. The fraction of sp³-hybridized carbons (Fsp3) is 0.0741. The topological polar surface area (TPSA) is 0 Å². The van der Waals surface area contributed by atoms with Crippen LogP contribution in [0.3, 0.4) is 0 Å². The molecule has 0 amide bonds. The molecular formula is C54H42. The maximum atomic E-state index is 9.72. The molecule has 0 heterocycles. The number of rotatable bonds is 6. The highest BCUT2D eigenvalue weighted by atomic mass is 14.3. The monoisotopic (exact) mass is 703 g/mol.